The van der Waals surface area contributed by atoms with Crippen molar-refractivity contribution in [3.63, 3.8) is 0 Å². The van der Waals surface area contributed by atoms with Crippen molar-refractivity contribution in [3.8, 4) is 22.3 Å². The van der Waals surface area contributed by atoms with E-state index in [0.717, 1.165) is 44.5 Å². The molecular weight excluding hydrogens is 578 g/mol. The van der Waals surface area contributed by atoms with E-state index in [0.29, 0.717) is 27.5 Å². The van der Waals surface area contributed by atoms with Gasteiger partial charge in [-0.05, 0) is 89.0 Å². The number of fused-ring (bicyclic) bond motifs is 5. The second-order valence-corrected chi connectivity index (χ2v) is 11.7. The molecular formula is C43H27NO3. The maximum absolute atomic E-state index is 13.3. The van der Waals surface area contributed by atoms with Crippen LogP contribution in [0.2, 0.25) is 0 Å². The molecule has 0 bridgehead atoms. The van der Waals surface area contributed by atoms with Crippen LogP contribution in [0.25, 0.3) is 66.1 Å². The third-order valence-corrected chi connectivity index (χ3v) is 8.87. The molecule has 0 fully saturated rings. The summed E-state index contributed by atoms with van der Waals surface area (Å²) in [5, 5.41) is 2.91. The molecule has 0 unspecified atom stereocenters. The zero-order valence-electron chi connectivity index (χ0n) is 25.3. The lowest BCUT2D eigenvalue weighted by Crippen LogP contribution is -2.09. The van der Waals surface area contributed by atoms with Gasteiger partial charge in [0.2, 0.25) is 5.43 Å². The molecule has 2 heterocycles. The number of rotatable bonds is 5. The van der Waals surface area contributed by atoms with Crippen LogP contribution < -0.4 is 10.3 Å². The van der Waals surface area contributed by atoms with Crippen molar-refractivity contribution in [2.75, 3.05) is 4.90 Å². The van der Waals surface area contributed by atoms with E-state index in [9.17, 15) is 4.79 Å². The van der Waals surface area contributed by atoms with E-state index in [1.54, 1.807) is 6.07 Å². The number of hydrogen-bond acceptors (Lipinski definition) is 4. The molecule has 4 nitrogen and oxygen atoms in total. The van der Waals surface area contributed by atoms with Gasteiger partial charge in [0.25, 0.3) is 0 Å². The summed E-state index contributed by atoms with van der Waals surface area (Å²) in [5.74, 6) is 0. The summed E-state index contributed by atoms with van der Waals surface area (Å²) in [6, 6.07) is 55.5. The first kappa shape index (κ1) is 27.0. The minimum atomic E-state index is -0.0611. The highest BCUT2D eigenvalue weighted by Crippen LogP contribution is 2.40. The van der Waals surface area contributed by atoms with Gasteiger partial charge >= 0.3 is 0 Å². The van der Waals surface area contributed by atoms with Gasteiger partial charge in [-0.1, -0.05) is 97.1 Å². The second-order valence-electron chi connectivity index (χ2n) is 11.7. The Hall–Kier alpha value is -6.39. The molecule has 0 aliphatic heterocycles. The fourth-order valence-electron chi connectivity index (χ4n) is 6.51. The zero-order chi connectivity index (χ0) is 31.3. The Labute approximate surface area is 270 Å². The number of benzene rings is 7. The molecule has 9 rings (SSSR count). The molecule has 4 heteroatoms. The number of furan rings is 1. The topological polar surface area (TPSA) is 46.6 Å². The third-order valence-electron chi connectivity index (χ3n) is 8.87. The molecule has 0 saturated heterocycles. The van der Waals surface area contributed by atoms with Gasteiger partial charge in [-0.25, -0.2) is 0 Å². The first-order chi connectivity index (χ1) is 23.2. The Morgan fingerprint density at radius 3 is 1.40 bits per heavy atom. The van der Waals surface area contributed by atoms with E-state index in [1.807, 2.05) is 48.5 Å². The molecule has 7 aromatic carbocycles. The van der Waals surface area contributed by atoms with Crippen LogP contribution in [-0.4, -0.2) is 0 Å². The molecule has 0 aliphatic carbocycles. The zero-order valence-corrected chi connectivity index (χ0v) is 25.3. The van der Waals surface area contributed by atoms with E-state index in [2.05, 4.69) is 114 Å². The summed E-state index contributed by atoms with van der Waals surface area (Å²) >= 11 is 0. The first-order valence-corrected chi connectivity index (χ1v) is 15.6. The molecule has 0 atom stereocenters. The van der Waals surface area contributed by atoms with Crippen molar-refractivity contribution in [1.82, 2.24) is 0 Å². The van der Waals surface area contributed by atoms with Gasteiger partial charge in [0.15, 0.2) is 0 Å². The average molecular weight is 606 g/mol. The quantitative estimate of drug-likeness (QED) is 0.183. The predicted octanol–water partition coefficient (Wildman–Crippen LogP) is 11.6. The fourth-order valence-corrected chi connectivity index (χ4v) is 6.51. The number of nitrogens with zero attached hydrogens (tertiary/aromatic N) is 1. The minimum absolute atomic E-state index is 0.0611. The summed E-state index contributed by atoms with van der Waals surface area (Å²) in [6.07, 6.45) is 0. The molecule has 47 heavy (non-hydrogen) atoms. The highest BCUT2D eigenvalue weighted by molar-refractivity contribution is 6.11. The van der Waals surface area contributed by atoms with E-state index < -0.39 is 0 Å². The van der Waals surface area contributed by atoms with Crippen LogP contribution in [0.5, 0.6) is 0 Å². The van der Waals surface area contributed by atoms with Crippen LogP contribution in [0, 0.1) is 0 Å². The standard InChI is InChI=1S/C43H27NO3/c45-43-35-13-7-8-14-39(35)46-42-26-37-36-25-34(23-24-40(36)47-41(37)27-38(42)43)44(32-19-15-30(16-20-32)28-9-3-1-4-10-28)33-21-17-31(18-22-33)29-11-5-2-6-12-29/h1-27H. The molecule has 0 saturated carbocycles. The Kier molecular flexibility index (Phi) is 6.25. The van der Waals surface area contributed by atoms with Gasteiger partial charge in [0.1, 0.15) is 22.3 Å². The summed E-state index contributed by atoms with van der Waals surface area (Å²) in [5.41, 5.74) is 10.2. The van der Waals surface area contributed by atoms with Gasteiger partial charge in [0.05, 0.1) is 10.8 Å². The van der Waals surface area contributed by atoms with Gasteiger partial charge in [0, 0.05) is 27.8 Å². The Morgan fingerprint density at radius 2 is 0.787 bits per heavy atom. The summed E-state index contributed by atoms with van der Waals surface area (Å²) in [7, 11) is 0. The molecule has 9 aromatic rings. The lowest BCUT2D eigenvalue weighted by molar-refractivity contribution is 0.657. The number of anilines is 3. The molecule has 0 spiro atoms. The monoisotopic (exact) mass is 605 g/mol. The van der Waals surface area contributed by atoms with Crippen molar-refractivity contribution in [3.05, 3.63) is 174 Å². The van der Waals surface area contributed by atoms with Crippen molar-refractivity contribution in [2.24, 2.45) is 0 Å². The smallest absolute Gasteiger partial charge is 0.200 e. The van der Waals surface area contributed by atoms with Gasteiger partial charge in [-0.15, -0.1) is 0 Å². The van der Waals surface area contributed by atoms with Gasteiger partial charge < -0.3 is 13.7 Å². The van der Waals surface area contributed by atoms with Crippen LogP contribution in [0.3, 0.4) is 0 Å². The maximum Gasteiger partial charge on any atom is 0.200 e. The maximum atomic E-state index is 13.3. The van der Waals surface area contributed by atoms with Crippen molar-refractivity contribution in [1.29, 1.82) is 0 Å². The van der Waals surface area contributed by atoms with E-state index in [-0.39, 0.29) is 5.43 Å². The largest absolute Gasteiger partial charge is 0.456 e. The van der Waals surface area contributed by atoms with Crippen molar-refractivity contribution >= 4 is 60.9 Å². The molecule has 0 N–H and O–H groups in total. The normalized spacial score (nSPS) is 11.5. The Bertz CT molecular complexity index is 2540. The van der Waals surface area contributed by atoms with Crippen LogP contribution in [0.4, 0.5) is 17.1 Å². The predicted molar refractivity (Wildman–Crippen MR) is 193 cm³/mol. The lowest BCUT2D eigenvalue weighted by Gasteiger charge is -2.26. The molecule has 0 aliphatic rings. The first-order valence-electron chi connectivity index (χ1n) is 15.6. The highest BCUT2D eigenvalue weighted by atomic mass is 16.3. The van der Waals surface area contributed by atoms with E-state index in [1.165, 1.54) is 11.1 Å². The average Bonchev–Trinajstić information content (AvgIpc) is 3.49. The van der Waals surface area contributed by atoms with Crippen molar-refractivity contribution < 1.29 is 8.83 Å². The number of hydrogen-bond donors (Lipinski definition) is 0. The van der Waals surface area contributed by atoms with E-state index in [4.69, 9.17) is 8.83 Å². The van der Waals surface area contributed by atoms with Crippen LogP contribution in [-0.2, 0) is 0 Å². The van der Waals surface area contributed by atoms with Crippen LogP contribution in [0.1, 0.15) is 0 Å². The van der Waals surface area contributed by atoms with Gasteiger partial charge in [-0.2, -0.15) is 0 Å². The lowest BCUT2D eigenvalue weighted by atomic mass is 10.0. The molecule has 0 amide bonds. The van der Waals surface area contributed by atoms with Crippen LogP contribution >= 0.6 is 0 Å². The SMILES string of the molecule is O=c1c2ccccc2oc2cc3c(cc12)oc1ccc(N(c2ccc(-c4ccccc4)cc2)c2ccc(-c4ccccc4)cc2)cc13. The third kappa shape index (κ3) is 4.66. The molecule has 222 valence electrons. The Balaban J connectivity index is 1.20. The fraction of sp³-hybridized carbons (Fsp3) is 0. The summed E-state index contributed by atoms with van der Waals surface area (Å²) in [4.78, 5) is 15.6. The summed E-state index contributed by atoms with van der Waals surface area (Å²) < 4.78 is 12.5. The van der Waals surface area contributed by atoms with Crippen molar-refractivity contribution in [2.45, 2.75) is 0 Å². The summed E-state index contributed by atoms with van der Waals surface area (Å²) in [6.45, 7) is 0. The highest BCUT2D eigenvalue weighted by Gasteiger charge is 2.18. The molecule has 0 radical (unpaired) electrons. The minimum Gasteiger partial charge on any atom is -0.456 e. The number of para-hydroxylation sites is 1. The van der Waals surface area contributed by atoms with E-state index >= 15 is 0 Å². The second kappa shape index (κ2) is 10.9. The molecule has 2 aromatic heterocycles. The van der Waals surface area contributed by atoms with Gasteiger partial charge in [-0.3, -0.25) is 4.79 Å². The Morgan fingerprint density at radius 1 is 0.340 bits per heavy atom. The van der Waals surface area contributed by atoms with Crippen LogP contribution in [0.15, 0.2) is 177 Å².